The highest BCUT2D eigenvalue weighted by Crippen LogP contribution is 2.35. The predicted molar refractivity (Wildman–Crippen MR) is 128 cm³/mol. The number of nitrogens with zero attached hydrogens (tertiary/aromatic N) is 4. The maximum absolute atomic E-state index is 13.6. The van der Waals surface area contributed by atoms with E-state index in [0.29, 0.717) is 49.8 Å². The minimum atomic E-state index is -0.503. The van der Waals surface area contributed by atoms with Crippen LogP contribution >= 0.6 is 0 Å². The maximum Gasteiger partial charge on any atom is 0.289 e. The number of furan rings is 1. The molecule has 0 radical (unpaired) electrons. The highest BCUT2D eigenvalue weighted by molar-refractivity contribution is 5.99. The first-order valence-electron chi connectivity index (χ1n) is 12.2. The largest absolute Gasteiger partial charge is 0.484 e. The Balaban J connectivity index is 1.29. The molecular formula is C26H32N4O5. The number of piperazine rings is 1. The first-order chi connectivity index (χ1) is 16.8. The summed E-state index contributed by atoms with van der Waals surface area (Å²) in [5.74, 6) is 0.461. The molecule has 0 aliphatic carbocycles. The van der Waals surface area contributed by atoms with E-state index in [9.17, 15) is 14.4 Å². The number of carbonyl (C=O) groups excluding carboxylic acids is 3. The quantitative estimate of drug-likeness (QED) is 0.667. The molecule has 0 unspecified atom stereocenters. The molecule has 3 aliphatic rings. The summed E-state index contributed by atoms with van der Waals surface area (Å²) in [5, 5.41) is 0. The Bertz CT molecular complexity index is 1100. The number of likely N-dealkylation sites (tertiary alicyclic amines) is 1. The van der Waals surface area contributed by atoms with Gasteiger partial charge in [-0.05, 0) is 38.2 Å². The minimum Gasteiger partial charge on any atom is -0.484 e. The van der Waals surface area contributed by atoms with E-state index >= 15 is 0 Å². The Morgan fingerprint density at radius 3 is 2.40 bits per heavy atom. The van der Waals surface area contributed by atoms with Crippen LogP contribution in [-0.2, 0) is 4.79 Å². The van der Waals surface area contributed by atoms with Gasteiger partial charge < -0.3 is 28.8 Å². The van der Waals surface area contributed by atoms with Gasteiger partial charge in [0, 0.05) is 52.1 Å². The van der Waals surface area contributed by atoms with Gasteiger partial charge in [0.05, 0.1) is 18.4 Å². The van der Waals surface area contributed by atoms with E-state index < -0.39 is 5.60 Å². The molecule has 5 rings (SSSR count). The second-order valence-corrected chi connectivity index (χ2v) is 9.90. The van der Waals surface area contributed by atoms with Crippen molar-refractivity contribution in [1.82, 2.24) is 19.6 Å². The summed E-state index contributed by atoms with van der Waals surface area (Å²) >= 11 is 0. The summed E-state index contributed by atoms with van der Waals surface area (Å²) in [6.45, 7) is 5.80. The summed E-state index contributed by atoms with van der Waals surface area (Å²) in [6, 6.07) is 9.02. The van der Waals surface area contributed by atoms with Crippen LogP contribution in [0.2, 0.25) is 0 Å². The van der Waals surface area contributed by atoms with Crippen LogP contribution in [0.4, 0.5) is 0 Å². The predicted octanol–water partition coefficient (Wildman–Crippen LogP) is 1.87. The molecule has 0 bridgehead atoms. The van der Waals surface area contributed by atoms with Gasteiger partial charge in [0.1, 0.15) is 17.9 Å². The zero-order chi connectivity index (χ0) is 24.6. The third kappa shape index (κ3) is 4.77. The molecule has 186 valence electrons. The number of carbonyl (C=O) groups is 3. The number of hydrogen-bond acceptors (Lipinski definition) is 6. The molecule has 3 amide bonds. The minimum absolute atomic E-state index is 0.000700. The summed E-state index contributed by atoms with van der Waals surface area (Å²) < 4.78 is 11.7. The SMILES string of the molecule is Cc1ccc2c(c1)C(=O)N(CC(=O)N1CCN(C(=O)c3ccco3)CC1)CC1(CCN(C)CC1)O2. The van der Waals surface area contributed by atoms with Gasteiger partial charge >= 0.3 is 0 Å². The molecule has 2 saturated heterocycles. The second-order valence-electron chi connectivity index (χ2n) is 9.90. The summed E-state index contributed by atoms with van der Waals surface area (Å²) in [7, 11) is 2.09. The fourth-order valence-corrected chi connectivity index (χ4v) is 5.15. The van der Waals surface area contributed by atoms with Crippen molar-refractivity contribution < 1.29 is 23.5 Å². The number of fused-ring (bicyclic) bond motifs is 1. The van der Waals surface area contributed by atoms with E-state index in [4.69, 9.17) is 9.15 Å². The third-order valence-corrected chi connectivity index (χ3v) is 7.33. The Morgan fingerprint density at radius 1 is 1.00 bits per heavy atom. The Morgan fingerprint density at radius 2 is 1.71 bits per heavy atom. The Labute approximate surface area is 205 Å². The first kappa shape index (κ1) is 23.4. The van der Waals surface area contributed by atoms with E-state index in [1.807, 2.05) is 25.1 Å². The van der Waals surface area contributed by atoms with Crippen molar-refractivity contribution in [2.75, 3.05) is 59.4 Å². The van der Waals surface area contributed by atoms with Gasteiger partial charge in [-0.1, -0.05) is 11.6 Å². The molecule has 9 heteroatoms. The van der Waals surface area contributed by atoms with Crippen LogP contribution in [0.15, 0.2) is 41.0 Å². The molecule has 0 atom stereocenters. The van der Waals surface area contributed by atoms with E-state index in [-0.39, 0.29) is 24.3 Å². The number of rotatable bonds is 3. The van der Waals surface area contributed by atoms with Crippen LogP contribution in [0, 0.1) is 6.92 Å². The average molecular weight is 481 g/mol. The molecule has 0 N–H and O–H groups in total. The third-order valence-electron chi connectivity index (χ3n) is 7.33. The van der Waals surface area contributed by atoms with Gasteiger partial charge in [0.15, 0.2) is 5.76 Å². The normalized spacial score (nSPS) is 20.4. The maximum atomic E-state index is 13.6. The number of benzene rings is 1. The van der Waals surface area contributed by atoms with Crippen LogP contribution in [0.5, 0.6) is 5.75 Å². The number of amides is 3. The Hall–Kier alpha value is -3.33. The highest BCUT2D eigenvalue weighted by atomic mass is 16.5. The molecule has 1 aromatic heterocycles. The van der Waals surface area contributed by atoms with Crippen LogP contribution in [0.3, 0.4) is 0 Å². The first-order valence-corrected chi connectivity index (χ1v) is 12.2. The molecule has 1 spiro atoms. The van der Waals surface area contributed by atoms with Gasteiger partial charge in [-0.15, -0.1) is 0 Å². The van der Waals surface area contributed by atoms with E-state index in [1.54, 1.807) is 26.8 Å². The molecule has 9 nitrogen and oxygen atoms in total. The van der Waals surface area contributed by atoms with Gasteiger partial charge in [-0.3, -0.25) is 14.4 Å². The monoisotopic (exact) mass is 480 g/mol. The highest BCUT2D eigenvalue weighted by Gasteiger charge is 2.43. The average Bonchev–Trinajstić information content (AvgIpc) is 3.38. The second kappa shape index (κ2) is 9.37. The van der Waals surface area contributed by atoms with Crippen LogP contribution in [0.25, 0.3) is 0 Å². The molecular weight excluding hydrogens is 448 g/mol. The lowest BCUT2D eigenvalue weighted by Gasteiger charge is -2.42. The lowest BCUT2D eigenvalue weighted by Crippen LogP contribution is -2.56. The molecule has 1 aromatic carbocycles. The van der Waals surface area contributed by atoms with Crippen molar-refractivity contribution in [1.29, 1.82) is 0 Å². The molecule has 3 aliphatic heterocycles. The lowest BCUT2D eigenvalue weighted by molar-refractivity contribution is -0.134. The molecule has 4 heterocycles. The van der Waals surface area contributed by atoms with E-state index in [0.717, 1.165) is 31.5 Å². The summed E-state index contributed by atoms with van der Waals surface area (Å²) in [5.41, 5.74) is 0.989. The number of aryl methyl sites for hydroxylation is 1. The van der Waals surface area contributed by atoms with Gasteiger partial charge in [0.2, 0.25) is 5.91 Å². The van der Waals surface area contributed by atoms with E-state index in [2.05, 4.69) is 11.9 Å². The number of piperidine rings is 1. The molecule has 2 fully saturated rings. The van der Waals surface area contributed by atoms with Crippen LogP contribution < -0.4 is 4.74 Å². The summed E-state index contributed by atoms with van der Waals surface area (Å²) in [6.07, 6.45) is 3.07. The standard InChI is InChI=1S/C26H32N4O5/c1-19-5-6-21-20(16-19)24(32)30(18-26(35-21)7-9-27(2)10-8-26)17-23(31)28-11-13-29(14-12-28)25(33)22-4-3-15-34-22/h3-6,15-16H,7-14,17-18H2,1-2H3. The van der Waals surface area contributed by atoms with Crippen LogP contribution in [-0.4, -0.2) is 102 Å². The topological polar surface area (TPSA) is 86.5 Å². The van der Waals surface area contributed by atoms with Crippen molar-refractivity contribution in [3.05, 3.63) is 53.5 Å². The zero-order valence-electron chi connectivity index (χ0n) is 20.4. The number of hydrogen-bond donors (Lipinski definition) is 0. The smallest absolute Gasteiger partial charge is 0.289 e. The van der Waals surface area contributed by atoms with Crippen molar-refractivity contribution in [2.45, 2.75) is 25.4 Å². The molecule has 35 heavy (non-hydrogen) atoms. The van der Waals surface area contributed by atoms with E-state index in [1.165, 1.54) is 6.26 Å². The van der Waals surface area contributed by atoms with Crippen molar-refractivity contribution in [3.63, 3.8) is 0 Å². The fraction of sp³-hybridized carbons (Fsp3) is 0.500. The number of ether oxygens (including phenoxy) is 1. The van der Waals surface area contributed by atoms with Gasteiger partial charge in [-0.2, -0.15) is 0 Å². The molecule has 0 saturated carbocycles. The van der Waals surface area contributed by atoms with Gasteiger partial charge in [0.25, 0.3) is 11.8 Å². The fourth-order valence-electron chi connectivity index (χ4n) is 5.15. The van der Waals surface area contributed by atoms with Crippen LogP contribution in [0.1, 0.15) is 39.3 Å². The summed E-state index contributed by atoms with van der Waals surface area (Å²) in [4.78, 5) is 46.8. The molecule has 2 aromatic rings. The van der Waals surface area contributed by atoms with Gasteiger partial charge in [-0.25, -0.2) is 0 Å². The van der Waals surface area contributed by atoms with Crippen molar-refractivity contribution >= 4 is 17.7 Å². The van der Waals surface area contributed by atoms with Crippen molar-refractivity contribution in [2.24, 2.45) is 0 Å². The lowest BCUT2D eigenvalue weighted by atomic mass is 9.90. The van der Waals surface area contributed by atoms with Crippen molar-refractivity contribution in [3.8, 4) is 5.75 Å². The Kier molecular flexibility index (Phi) is 6.27. The zero-order valence-corrected chi connectivity index (χ0v) is 20.4.